The lowest BCUT2D eigenvalue weighted by molar-refractivity contribution is 0.0641. The summed E-state index contributed by atoms with van der Waals surface area (Å²) in [5, 5.41) is 1.79. The summed E-state index contributed by atoms with van der Waals surface area (Å²) in [5.74, 6) is -0.209. The molecule has 3 rings (SSSR count). The van der Waals surface area contributed by atoms with Crippen molar-refractivity contribution in [1.82, 2.24) is 19.2 Å². The molecular formula is C13H16N4O2S. The zero-order chi connectivity index (χ0) is 14.1. The zero-order valence-corrected chi connectivity index (χ0v) is 12.1. The third-order valence-electron chi connectivity index (χ3n) is 3.68. The van der Waals surface area contributed by atoms with Crippen molar-refractivity contribution in [3.05, 3.63) is 33.7 Å². The van der Waals surface area contributed by atoms with Crippen LogP contribution in [0.1, 0.15) is 17.3 Å². The third kappa shape index (κ3) is 2.23. The van der Waals surface area contributed by atoms with Crippen LogP contribution in [0.2, 0.25) is 0 Å². The first-order valence-corrected chi connectivity index (χ1v) is 7.55. The zero-order valence-electron chi connectivity index (χ0n) is 11.3. The molecule has 2 aromatic heterocycles. The van der Waals surface area contributed by atoms with Crippen molar-refractivity contribution in [3.8, 4) is 0 Å². The molecule has 106 valence electrons. The van der Waals surface area contributed by atoms with Crippen LogP contribution in [-0.2, 0) is 0 Å². The minimum atomic E-state index is -0.279. The average Bonchev–Trinajstić information content (AvgIpc) is 2.96. The van der Waals surface area contributed by atoms with Crippen molar-refractivity contribution < 1.29 is 4.79 Å². The predicted octanol–water partition coefficient (Wildman–Crippen LogP) is 0.534. The Balaban J connectivity index is 1.86. The Morgan fingerprint density at radius 3 is 2.80 bits per heavy atom. The van der Waals surface area contributed by atoms with Crippen LogP contribution in [0, 0.1) is 0 Å². The molecule has 3 heterocycles. The van der Waals surface area contributed by atoms with Crippen molar-refractivity contribution in [3.63, 3.8) is 0 Å². The van der Waals surface area contributed by atoms with Gasteiger partial charge in [0, 0.05) is 44.0 Å². The van der Waals surface area contributed by atoms with Crippen LogP contribution in [0.15, 0.2) is 22.6 Å². The van der Waals surface area contributed by atoms with Gasteiger partial charge in [-0.05, 0) is 6.54 Å². The largest absolute Gasteiger partial charge is 0.336 e. The summed E-state index contributed by atoms with van der Waals surface area (Å²) in [5.41, 5.74) is -0.120. The first-order chi connectivity index (χ1) is 9.70. The van der Waals surface area contributed by atoms with E-state index in [2.05, 4.69) is 16.8 Å². The van der Waals surface area contributed by atoms with Crippen molar-refractivity contribution >= 4 is 22.2 Å². The molecule has 1 amide bonds. The Bertz CT molecular complexity index is 685. The number of hydrogen-bond donors (Lipinski definition) is 0. The quantitative estimate of drug-likeness (QED) is 0.810. The minimum absolute atomic E-state index is 0.158. The molecule has 0 aromatic carbocycles. The summed E-state index contributed by atoms with van der Waals surface area (Å²) in [6.07, 6.45) is 3.06. The molecule has 0 unspecified atom stereocenters. The SMILES string of the molecule is CCN1CCN(C(=O)c2cnc3sccn3c2=O)CC1. The van der Waals surface area contributed by atoms with E-state index in [0.717, 1.165) is 19.6 Å². The second-order valence-electron chi connectivity index (χ2n) is 4.76. The van der Waals surface area contributed by atoms with Gasteiger partial charge in [0.1, 0.15) is 5.56 Å². The van der Waals surface area contributed by atoms with Gasteiger partial charge in [-0.2, -0.15) is 0 Å². The number of fused-ring (bicyclic) bond motifs is 1. The number of carbonyl (C=O) groups is 1. The first-order valence-electron chi connectivity index (χ1n) is 6.67. The van der Waals surface area contributed by atoms with Crippen molar-refractivity contribution in [2.45, 2.75) is 6.92 Å². The summed E-state index contributed by atoms with van der Waals surface area (Å²) in [7, 11) is 0. The van der Waals surface area contributed by atoms with Crippen LogP contribution in [0.25, 0.3) is 4.96 Å². The smallest absolute Gasteiger partial charge is 0.271 e. The number of aromatic nitrogens is 2. The molecule has 6 nitrogen and oxygen atoms in total. The van der Waals surface area contributed by atoms with Gasteiger partial charge < -0.3 is 9.80 Å². The lowest BCUT2D eigenvalue weighted by Gasteiger charge is -2.33. The van der Waals surface area contributed by atoms with Crippen LogP contribution < -0.4 is 5.56 Å². The highest BCUT2D eigenvalue weighted by atomic mass is 32.1. The van der Waals surface area contributed by atoms with E-state index in [-0.39, 0.29) is 17.0 Å². The Kier molecular flexibility index (Phi) is 3.54. The Hall–Kier alpha value is -1.73. The topological polar surface area (TPSA) is 57.9 Å². The summed E-state index contributed by atoms with van der Waals surface area (Å²) in [6.45, 7) is 6.15. The number of amides is 1. The van der Waals surface area contributed by atoms with Gasteiger partial charge in [-0.15, -0.1) is 11.3 Å². The maximum absolute atomic E-state index is 12.4. The number of piperazine rings is 1. The lowest BCUT2D eigenvalue weighted by atomic mass is 10.2. The maximum atomic E-state index is 12.4. The molecule has 0 atom stereocenters. The van der Waals surface area contributed by atoms with Crippen molar-refractivity contribution in [2.24, 2.45) is 0 Å². The maximum Gasteiger partial charge on any atom is 0.271 e. The molecule has 1 saturated heterocycles. The van der Waals surface area contributed by atoms with E-state index in [1.54, 1.807) is 16.5 Å². The normalized spacial score (nSPS) is 16.8. The first kappa shape index (κ1) is 13.3. The van der Waals surface area contributed by atoms with Crippen LogP contribution in [0.4, 0.5) is 0 Å². The Labute approximate surface area is 120 Å². The van der Waals surface area contributed by atoms with Gasteiger partial charge >= 0.3 is 0 Å². The molecule has 0 saturated carbocycles. The molecule has 0 bridgehead atoms. The van der Waals surface area contributed by atoms with E-state index in [9.17, 15) is 9.59 Å². The number of nitrogens with zero attached hydrogens (tertiary/aromatic N) is 4. The van der Waals surface area contributed by atoms with Gasteiger partial charge in [0.15, 0.2) is 4.96 Å². The van der Waals surface area contributed by atoms with Gasteiger partial charge in [0.25, 0.3) is 11.5 Å². The highest BCUT2D eigenvalue weighted by Gasteiger charge is 2.24. The van der Waals surface area contributed by atoms with Gasteiger partial charge in [-0.1, -0.05) is 6.92 Å². The minimum Gasteiger partial charge on any atom is -0.336 e. The van der Waals surface area contributed by atoms with E-state index >= 15 is 0 Å². The van der Waals surface area contributed by atoms with Gasteiger partial charge in [0.05, 0.1) is 0 Å². The Morgan fingerprint density at radius 2 is 2.10 bits per heavy atom. The van der Waals surface area contributed by atoms with Crippen LogP contribution >= 0.6 is 11.3 Å². The molecule has 7 heteroatoms. The van der Waals surface area contributed by atoms with E-state index in [4.69, 9.17) is 0 Å². The molecular weight excluding hydrogens is 276 g/mol. The summed E-state index contributed by atoms with van der Waals surface area (Å²) < 4.78 is 1.43. The Morgan fingerprint density at radius 1 is 1.35 bits per heavy atom. The summed E-state index contributed by atoms with van der Waals surface area (Å²) in [6, 6.07) is 0. The molecule has 20 heavy (non-hydrogen) atoms. The predicted molar refractivity (Wildman–Crippen MR) is 77.4 cm³/mol. The standard InChI is InChI=1S/C13H16N4O2S/c1-2-15-3-5-16(6-4-15)11(18)10-9-14-13-17(12(10)19)7-8-20-13/h7-9H,2-6H2,1H3. The molecule has 0 aliphatic carbocycles. The van der Waals surface area contributed by atoms with Crippen LogP contribution in [0.3, 0.4) is 0 Å². The summed E-state index contributed by atoms with van der Waals surface area (Å²) in [4.78, 5) is 33.5. The number of likely N-dealkylation sites (N-methyl/N-ethyl adjacent to an activating group) is 1. The third-order valence-corrected chi connectivity index (χ3v) is 4.45. The van der Waals surface area contributed by atoms with E-state index in [1.807, 2.05) is 0 Å². The molecule has 0 N–H and O–H groups in total. The van der Waals surface area contributed by atoms with Crippen molar-refractivity contribution in [2.75, 3.05) is 32.7 Å². The molecule has 1 fully saturated rings. The fourth-order valence-corrected chi connectivity index (χ4v) is 3.08. The molecule has 1 aliphatic heterocycles. The fraction of sp³-hybridized carbons (Fsp3) is 0.462. The highest BCUT2D eigenvalue weighted by Crippen LogP contribution is 2.09. The van der Waals surface area contributed by atoms with Gasteiger partial charge in [0.2, 0.25) is 0 Å². The number of carbonyl (C=O) groups excluding carboxylic acids is 1. The number of hydrogen-bond acceptors (Lipinski definition) is 5. The lowest BCUT2D eigenvalue weighted by Crippen LogP contribution is -2.49. The molecule has 0 spiro atoms. The molecule has 1 aliphatic rings. The van der Waals surface area contributed by atoms with E-state index in [1.165, 1.54) is 21.9 Å². The van der Waals surface area contributed by atoms with Crippen LogP contribution in [-0.4, -0.2) is 57.8 Å². The van der Waals surface area contributed by atoms with Crippen molar-refractivity contribution in [1.29, 1.82) is 0 Å². The fourth-order valence-electron chi connectivity index (χ4n) is 2.41. The number of rotatable bonds is 2. The monoisotopic (exact) mass is 292 g/mol. The second kappa shape index (κ2) is 5.34. The van der Waals surface area contributed by atoms with E-state index in [0.29, 0.717) is 18.1 Å². The summed E-state index contributed by atoms with van der Waals surface area (Å²) >= 11 is 1.38. The van der Waals surface area contributed by atoms with Crippen LogP contribution in [0.5, 0.6) is 0 Å². The molecule has 2 aromatic rings. The highest BCUT2D eigenvalue weighted by molar-refractivity contribution is 7.15. The molecule has 0 radical (unpaired) electrons. The van der Waals surface area contributed by atoms with E-state index < -0.39 is 0 Å². The van der Waals surface area contributed by atoms with Gasteiger partial charge in [-0.25, -0.2) is 4.98 Å². The second-order valence-corrected chi connectivity index (χ2v) is 5.63. The van der Waals surface area contributed by atoms with Gasteiger partial charge in [-0.3, -0.25) is 14.0 Å². The number of thiazole rings is 1. The average molecular weight is 292 g/mol.